The zero-order chi connectivity index (χ0) is 41.7. The smallest absolute Gasteiger partial charge is 0.264 e. The van der Waals surface area contributed by atoms with Crippen molar-refractivity contribution in [1.82, 2.24) is 25.1 Å². The van der Waals surface area contributed by atoms with E-state index in [9.17, 15) is 24.4 Å². The Balaban J connectivity index is 0.748. The molecule has 4 fully saturated rings. The zero-order valence-corrected chi connectivity index (χ0v) is 34.5. The van der Waals surface area contributed by atoms with Crippen LogP contribution in [-0.2, 0) is 21.6 Å². The van der Waals surface area contributed by atoms with Crippen LogP contribution in [0.25, 0.3) is 0 Å². The normalized spacial score (nSPS) is 22.2. The SMILES string of the molecule is CC(C)(c1ccc(OCc2ccnc(N3CCC(CN4CC5CN(c6cccc7c6C(=O)N(C6CCC(=O)NC6=O)C7=O)CC5C4)CC3)n2)cc1)c1cc(Cl)cc(C#N)c1. The topological polar surface area (TPSA) is 152 Å². The highest BCUT2D eigenvalue weighted by Gasteiger charge is 2.48. The van der Waals surface area contributed by atoms with Gasteiger partial charge in [0.1, 0.15) is 18.4 Å². The van der Waals surface area contributed by atoms with E-state index in [2.05, 4.69) is 44.9 Å². The highest BCUT2D eigenvalue weighted by molar-refractivity contribution is 6.30. The summed E-state index contributed by atoms with van der Waals surface area (Å²) in [6.45, 7) is 11.0. The molecule has 1 aromatic heterocycles. The Bertz CT molecular complexity index is 2390. The Morgan fingerprint density at radius 2 is 1.63 bits per heavy atom. The lowest BCUT2D eigenvalue weighted by Crippen LogP contribution is -2.54. The summed E-state index contributed by atoms with van der Waals surface area (Å²) in [5.74, 6) is 1.09. The zero-order valence-electron chi connectivity index (χ0n) is 33.8. The second kappa shape index (κ2) is 16.0. The maximum Gasteiger partial charge on any atom is 0.264 e. The van der Waals surface area contributed by atoms with E-state index in [0.717, 1.165) is 97.8 Å². The van der Waals surface area contributed by atoms with E-state index in [-0.39, 0.29) is 24.2 Å². The number of anilines is 2. The second-order valence-electron chi connectivity index (χ2n) is 17.3. The lowest BCUT2D eigenvalue weighted by molar-refractivity contribution is -0.136. The highest BCUT2D eigenvalue weighted by atomic mass is 35.5. The molecule has 4 aromatic rings. The molecular formula is C46H47ClN8O5. The van der Waals surface area contributed by atoms with E-state index in [4.69, 9.17) is 21.3 Å². The van der Waals surface area contributed by atoms with Crippen LogP contribution in [0.4, 0.5) is 11.6 Å². The van der Waals surface area contributed by atoms with Crippen molar-refractivity contribution >= 4 is 46.9 Å². The van der Waals surface area contributed by atoms with Gasteiger partial charge in [-0.1, -0.05) is 43.6 Å². The van der Waals surface area contributed by atoms with E-state index in [1.165, 1.54) is 0 Å². The average Bonchev–Trinajstić information content (AvgIpc) is 3.90. The van der Waals surface area contributed by atoms with Crippen LogP contribution in [0.15, 0.2) is 72.9 Å². The molecule has 0 saturated carbocycles. The van der Waals surface area contributed by atoms with Crippen molar-refractivity contribution < 1.29 is 23.9 Å². The first-order valence-corrected chi connectivity index (χ1v) is 21.2. The summed E-state index contributed by atoms with van der Waals surface area (Å²) < 4.78 is 6.15. The predicted molar refractivity (Wildman–Crippen MR) is 225 cm³/mol. The van der Waals surface area contributed by atoms with Crippen LogP contribution in [0, 0.1) is 29.1 Å². The van der Waals surface area contributed by atoms with Gasteiger partial charge in [-0.05, 0) is 96.7 Å². The predicted octanol–water partition coefficient (Wildman–Crippen LogP) is 5.59. The highest BCUT2D eigenvalue weighted by Crippen LogP contribution is 2.40. The Morgan fingerprint density at radius 3 is 2.35 bits per heavy atom. The summed E-state index contributed by atoms with van der Waals surface area (Å²) in [5.41, 5.74) is 4.51. The number of fused-ring (bicyclic) bond motifs is 2. The summed E-state index contributed by atoms with van der Waals surface area (Å²) in [7, 11) is 0. The first-order valence-electron chi connectivity index (χ1n) is 20.8. The monoisotopic (exact) mass is 826 g/mol. The Labute approximate surface area is 354 Å². The summed E-state index contributed by atoms with van der Waals surface area (Å²) >= 11 is 6.30. The molecule has 13 nitrogen and oxygen atoms in total. The molecule has 308 valence electrons. The number of amides is 4. The Hall–Kier alpha value is -5.84. The van der Waals surface area contributed by atoms with Gasteiger partial charge in [-0.15, -0.1) is 0 Å². The van der Waals surface area contributed by atoms with Crippen LogP contribution >= 0.6 is 11.6 Å². The Kier molecular flexibility index (Phi) is 10.5. The molecule has 14 heteroatoms. The lowest BCUT2D eigenvalue weighted by atomic mass is 9.78. The van der Waals surface area contributed by atoms with E-state index in [0.29, 0.717) is 46.1 Å². The molecule has 3 unspecified atom stereocenters. The number of ether oxygens (including phenoxy) is 1. The molecule has 4 amide bonds. The molecule has 5 aliphatic heterocycles. The number of rotatable bonds is 10. The van der Waals surface area contributed by atoms with E-state index < -0.39 is 23.8 Å². The number of hydrogen-bond acceptors (Lipinski definition) is 11. The first kappa shape index (κ1) is 39.6. The van der Waals surface area contributed by atoms with Crippen molar-refractivity contribution in [2.75, 3.05) is 55.6 Å². The number of halogens is 1. The largest absolute Gasteiger partial charge is 0.487 e. The van der Waals surface area contributed by atoms with Gasteiger partial charge in [0.05, 0.1) is 34.1 Å². The number of nitriles is 1. The van der Waals surface area contributed by atoms with Crippen molar-refractivity contribution in [1.29, 1.82) is 5.26 Å². The summed E-state index contributed by atoms with van der Waals surface area (Å²) in [6.07, 6.45) is 4.17. The summed E-state index contributed by atoms with van der Waals surface area (Å²) in [5, 5.41) is 12.2. The molecular weight excluding hydrogens is 780 g/mol. The van der Waals surface area contributed by atoms with Crippen molar-refractivity contribution in [2.45, 2.75) is 57.6 Å². The van der Waals surface area contributed by atoms with Crippen molar-refractivity contribution in [3.8, 4) is 11.8 Å². The summed E-state index contributed by atoms with van der Waals surface area (Å²) in [4.78, 5) is 69.1. The fourth-order valence-electron chi connectivity index (χ4n) is 9.80. The minimum absolute atomic E-state index is 0.0957. The number of hydrogen-bond donors (Lipinski definition) is 1. The quantitative estimate of drug-likeness (QED) is 0.199. The third-order valence-corrected chi connectivity index (χ3v) is 13.4. The molecule has 4 saturated heterocycles. The number of nitrogens with zero attached hydrogens (tertiary/aromatic N) is 7. The van der Waals surface area contributed by atoms with Crippen LogP contribution in [0.2, 0.25) is 5.02 Å². The second-order valence-corrected chi connectivity index (χ2v) is 17.8. The number of aromatic nitrogens is 2. The standard InChI is InChI=1S/C46H47ClN8O5/c1-46(2,33-18-29(21-48)19-34(47)20-33)32-6-8-36(9-7-32)60-27-35-12-15-49-45(50-35)53-16-13-28(14-17-53)22-52-23-30-25-54(26-31(30)24-52)38-5-3-4-37-41(38)44(59)55(43(37)58)39-10-11-40(56)51-42(39)57/h3-9,12,15,18-20,28,30-31,39H,10-11,13-14,16-17,22-27H2,1-2H3,(H,51,56,57). The van der Waals surface area contributed by atoms with Crippen molar-refractivity contribution in [3.63, 3.8) is 0 Å². The minimum Gasteiger partial charge on any atom is -0.487 e. The van der Waals surface area contributed by atoms with Gasteiger partial charge in [0.15, 0.2) is 0 Å². The van der Waals surface area contributed by atoms with Gasteiger partial charge in [0.25, 0.3) is 11.8 Å². The Morgan fingerprint density at radius 1 is 0.883 bits per heavy atom. The number of piperidine rings is 2. The number of imide groups is 2. The fourth-order valence-corrected chi connectivity index (χ4v) is 10.0. The number of nitrogens with one attached hydrogen (secondary N) is 1. The van der Waals surface area contributed by atoms with E-state index >= 15 is 0 Å². The third-order valence-electron chi connectivity index (χ3n) is 13.2. The van der Waals surface area contributed by atoms with Crippen LogP contribution in [0.1, 0.15) is 82.6 Å². The van der Waals surface area contributed by atoms with Gasteiger partial charge in [-0.25, -0.2) is 9.97 Å². The van der Waals surface area contributed by atoms with Gasteiger partial charge < -0.3 is 19.4 Å². The molecule has 0 radical (unpaired) electrons. The molecule has 0 bridgehead atoms. The van der Waals surface area contributed by atoms with Crippen molar-refractivity contribution in [2.24, 2.45) is 17.8 Å². The molecule has 1 N–H and O–H groups in total. The van der Waals surface area contributed by atoms with Crippen LogP contribution in [0.3, 0.4) is 0 Å². The van der Waals surface area contributed by atoms with Gasteiger partial charge in [0, 0.05) is 68.9 Å². The number of carbonyl (C=O) groups excluding carboxylic acids is 4. The molecule has 3 atom stereocenters. The van der Waals surface area contributed by atoms with Crippen LogP contribution in [-0.4, -0.2) is 95.3 Å². The average molecular weight is 827 g/mol. The van der Waals surface area contributed by atoms with Crippen molar-refractivity contribution in [3.05, 3.63) is 111 Å². The number of benzene rings is 3. The van der Waals surface area contributed by atoms with Crippen LogP contribution < -0.4 is 19.9 Å². The summed E-state index contributed by atoms with van der Waals surface area (Å²) in [6, 6.07) is 22.0. The first-order chi connectivity index (χ1) is 28.9. The molecule has 0 spiro atoms. The maximum atomic E-state index is 13.7. The van der Waals surface area contributed by atoms with E-state index in [1.54, 1.807) is 18.3 Å². The number of carbonyl (C=O) groups is 4. The number of likely N-dealkylation sites (tertiary alicyclic amines) is 1. The lowest BCUT2D eigenvalue weighted by Gasteiger charge is -2.34. The van der Waals surface area contributed by atoms with Gasteiger partial charge in [0.2, 0.25) is 17.8 Å². The molecule has 60 heavy (non-hydrogen) atoms. The van der Waals surface area contributed by atoms with Gasteiger partial charge in [-0.3, -0.25) is 29.4 Å². The van der Waals surface area contributed by atoms with Gasteiger partial charge in [-0.2, -0.15) is 5.26 Å². The van der Waals surface area contributed by atoms with E-state index in [1.807, 2.05) is 54.6 Å². The molecule has 3 aromatic carbocycles. The molecule has 0 aliphatic carbocycles. The maximum absolute atomic E-state index is 13.7. The van der Waals surface area contributed by atoms with Gasteiger partial charge >= 0.3 is 0 Å². The molecule has 9 rings (SSSR count). The fraction of sp³-hybridized carbons (Fsp3) is 0.413. The van der Waals surface area contributed by atoms with Crippen LogP contribution in [0.5, 0.6) is 5.75 Å². The minimum atomic E-state index is -0.975. The third kappa shape index (κ3) is 7.58. The molecule has 6 heterocycles. The molecule has 5 aliphatic rings.